The molecule has 0 spiro atoms. The Morgan fingerprint density at radius 2 is 2.28 bits per heavy atom. The van der Waals surface area contributed by atoms with Crippen LogP contribution in [0.25, 0.3) is 0 Å². The van der Waals surface area contributed by atoms with E-state index in [0.29, 0.717) is 16.3 Å². The second-order valence-electron chi connectivity index (χ2n) is 3.54. The standard InChI is InChI=1S/C11H12N4O2S/c1-15-4-3-13-11(15)18-9-8(10(16)17-2)5-7(12)6-14-9/h3-6H,12H2,1-2H3. The quantitative estimate of drug-likeness (QED) is 0.842. The summed E-state index contributed by atoms with van der Waals surface area (Å²) in [6.07, 6.45) is 4.99. The number of ether oxygens (including phenoxy) is 1. The summed E-state index contributed by atoms with van der Waals surface area (Å²) in [5.41, 5.74) is 6.38. The van der Waals surface area contributed by atoms with E-state index in [-0.39, 0.29) is 0 Å². The van der Waals surface area contributed by atoms with Crippen molar-refractivity contribution >= 4 is 23.4 Å². The van der Waals surface area contributed by atoms with Crippen LogP contribution in [0, 0.1) is 0 Å². The Bertz CT molecular complexity index is 582. The molecule has 0 aliphatic heterocycles. The fraction of sp³-hybridized carbons (Fsp3) is 0.182. The van der Waals surface area contributed by atoms with Crippen LogP contribution in [0.5, 0.6) is 0 Å². The highest BCUT2D eigenvalue weighted by atomic mass is 32.2. The zero-order valence-corrected chi connectivity index (χ0v) is 10.8. The molecule has 7 heteroatoms. The minimum Gasteiger partial charge on any atom is -0.465 e. The maximum absolute atomic E-state index is 11.6. The summed E-state index contributed by atoms with van der Waals surface area (Å²) in [6.45, 7) is 0. The summed E-state index contributed by atoms with van der Waals surface area (Å²) in [5.74, 6) is -0.466. The Labute approximate surface area is 108 Å². The van der Waals surface area contributed by atoms with E-state index < -0.39 is 5.97 Å². The predicted molar refractivity (Wildman–Crippen MR) is 67.3 cm³/mol. The van der Waals surface area contributed by atoms with Crippen LogP contribution in [0.15, 0.2) is 34.8 Å². The van der Waals surface area contributed by atoms with Crippen LogP contribution in [0.1, 0.15) is 10.4 Å². The molecule has 0 saturated carbocycles. The van der Waals surface area contributed by atoms with Crippen molar-refractivity contribution in [2.45, 2.75) is 10.2 Å². The SMILES string of the molecule is COC(=O)c1cc(N)cnc1Sc1nccn1C. The van der Waals surface area contributed by atoms with Gasteiger partial charge in [0.2, 0.25) is 0 Å². The van der Waals surface area contributed by atoms with Crippen molar-refractivity contribution in [2.75, 3.05) is 12.8 Å². The van der Waals surface area contributed by atoms with E-state index in [1.54, 1.807) is 12.3 Å². The molecule has 0 fully saturated rings. The third-order valence-electron chi connectivity index (χ3n) is 2.24. The number of aromatic nitrogens is 3. The molecule has 2 rings (SSSR count). The number of pyridine rings is 1. The lowest BCUT2D eigenvalue weighted by atomic mass is 10.3. The molecule has 0 unspecified atom stereocenters. The van der Waals surface area contributed by atoms with E-state index in [1.807, 2.05) is 17.8 Å². The van der Waals surface area contributed by atoms with Crippen LogP contribution in [-0.4, -0.2) is 27.6 Å². The molecule has 0 bridgehead atoms. The molecule has 2 N–H and O–H groups in total. The molecule has 2 aromatic heterocycles. The lowest BCUT2D eigenvalue weighted by Crippen LogP contribution is -2.06. The molecular formula is C11H12N4O2S. The molecule has 0 radical (unpaired) electrons. The molecule has 0 aliphatic rings. The van der Waals surface area contributed by atoms with Crippen LogP contribution < -0.4 is 5.73 Å². The van der Waals surface area contributed by atoms with Crippen molar-refractivity contribution in [1.29, 1.82) is 0 Å². The maximum Gasteiger partial charge on any atom is 0.340 e. The summed E-state index contributed by atoms with van der Waals surface area (Å²) < 4.78 is 6.54. The molecule has 2 aromatic rings. The van der Waals surface area contributed by atoms with Gasteiger partial charge in [0.25, 0.3) is 0 Å². The van der Waals surface area contributed by atoms with Gasteiger partial charge in [-0.05, 0) is 17.8 Å². The Hall–Kier alpha value is -2.02. The van der Waals surface area contributed by atoms with Crippen molar-refractivity contribution < 1.29 is 9.53 Å². The van der Waals surface area contributed by atoms with Crippen LogP contribution in [0.2, 0.25) is 0 Å². The zero-order valence-electron chi connectivity index (χ0n) is 9.95. The van der Waals surface area contributed by atoms with Gasteiger partial charge in [-0.2, -0.15) is 0 Å². The van der Waals surface area contributed by atoms with Gasteiger partial charge in [-0.1, -0.05) is 0 Å². The minimum atomic E-state index is -0.466. The largest absolute Gasteiger partial charge is 0.465 e. The van der Waals surface area contributed by atoms with Gasteiger partial charge in [-0.25, -0.2) is 14.8 Å². The molecule has 0 amide bonds. The molecule has 0 saturated heterocycles. The van der Waals surface area contributed by atoms with Crippen LogP contribution >= 0.6 is 11.8 Å². The second kappa shape index (κ2) is 5.09. The molecule has 0 aliphatic carbocycles. The van der Waals surface area contributed by atoms with Crippen molar-refractivity contribution in [1.82, 2.24) is 14.5 Å². The molecule has 0 aromatic carbocycles. The van der Waals surface area contributed by atoms with Crippen molar-refractivity contribution in [3.63, 3.8) is 0 Å². The summed E-state index contributed by atoms with van der Waals surface area (Å²) in [4.78, 5) is 20.0. The Balaban J connectivity index is 2.38. The Kier molecular flexibility index (Phi) is 3.52. The van der Waals surface area contributed by atoms with Gasteiger partial charge in [0.1, 0.15) is 5.03 Å². The third-order valence-corrected chi connectivity index (χ3v) is 3.34. The number of carbonyl (C=O) groups excluding carboxylic acids is 1. The number of carbonyl (C=O) groups is 1. The number of methoxy groups -OCH3 is 1. The van der Waals surface area contributed by atoms with Crippen molar-refractivity contribution in [3.05, 3.63) is 30.2 Å². The maximum atomic E-state index is 11.6. The molecule has 2 heterocycles. The number of nitrogen functional groups attached to an aromatic ring is 1. The second-order valence-corrected chi connectivity index (χ2v) is 4.49. The van der Waals surface area contributed by atoms with Gasteiger partial charge < -0.3 is 15.0 Å². The Morgan fingerprint density at radius 3 is 2.89 bits per heavy atom. The number of hydrogen-bond donors (Lipinski definition) is 1. The molecule has 18 heavy (non-hydrogen) atoms. The molecule has 6 nitrogen and oxygen atoms in total. The summed E-state index contributed by atoms with van der Waals surface area (Å²) in [7, 11) is 3.19. The van der Waals surface area contributed by atoms with E-state index in [0.717, 1.165) is 5.16 Å². The first-order chi connectivity index (χ1) is 8.61. The average Bonchev–Trinajstić information content (AvgIpc) is 2.76. The fourth-order valence-electron chi connectivity index (χ4n) is 1.34. The number of esters is 1. The number of imidazole rings is 1. The monoisotopic (exact) mass is 264 g/mol. The van der Waals surface area contributed by atoms with E-state index >= 15 is 0 Å². The van der Waals surface area contributed by atoms with Gasteiger partial charge in [-0.15, -0.1) is 0 Å². The number of anilines is 1. The first kappa shape index (κ1) is 12.4. The first-order valence-electron chi connectivity index (χ1n) is 5.11. The van der Waals surface area contributed by atoms with Gasteiger partial charge >= 0.3 is 5.97 Å². The van der Waals surface area contributed by atoms with Gasteiger partial charge in [0.05, 0.1) is 24.6 Å². The van der Waals surface area contributed by atoms with Gasteiger partial charge in [0, 0.05) is 19.4 Å². The highest BCUT2D eigenvalue weighted by Crippen LogP contribution is 2.28. The van der Waals surface area contributed by atoms with Crippen molar-refractivity contribution in [2.24, 2.45) is 7.05 Å². The van der Waals surface area contributed by atoms with Crippen LogP contribution in [-0.2, 0) is 11.8 Å². The summed E-state index contributed by atoms with van der Waals surface area (Å²) in [5, 5.41) is 1.25. The van der Waals surface area contributed by atoms with Gasteiger partial charge in [0.15, 0.2) is 5.16 Å². The Morgan fingerprint density at radius 1 is 1.50 bits per heavy atom. The minimum absolute atomic E-state index is 0.338. The number of rotatable bonds is 3. The predicted octanol–water partition coefficient (Wildman–Crippen LogP) is 1.34. The zero-order chi connectivity index (χ0) is 13.1. The van der Waals surface area contributed by atoms with E-state index in [9.17, 15) is 4.79 Å². The van der Waals surface area contributed by atoms with E-state index in [2.05, 4.69) is 9.97 Å². The third kappa shape index (κ3) is 2.45. The van der Waals surface area contributed by atoms with Crippen LogP contribution in [0.3, 0.4) is 0 Å². The topological polar surface area (TPSA) is 83.0 Å². The molecule has 94 valence electrons. The lowest BCUT2D eigenvalue weighted by Gasteiger charge is -2.07. The number of nitrogens with two attached hydrogens (primary N) is 1. The highest BCUT2D eigenvalue weighted by molar-refractivity contribution is 7.99. The van der Waals surface area contributed by atoms with E-state index in [1.165, 1.54) is 25.1 Å². The highest BCUT2D eigenvalue weighted by Gasteiger charge is 2.16. The average molecular weight is 264 g/mol. The van der Waals surface area contributed by atoms with Gasteiger partial charge in [-0.3, -0.25) is 0 Å². The number of nitrogens with zero attached hydrogens (tertiary/aromatic N) is 3. The fourth-order valence-corrected chi connectivity index (χ4v) is 2.19. The summed E-state index contributed by atoms with van der Waals surface area (Å²) >= 11 is 1.28. The van der Waals surface area contributed by atoms with Crippen molar-refractivity contribution in [3.8, 4) is 0 Å². The lowest BCUT2D eigenvalue weighted by molar-refractivity contribution is 0.0596. The molecular weight excluding hydrogens is 252 g/mol. The smallest absolute Gasteiger partial charge is 0.340 e. The molecule has 0 atom stereocenters. The number of aryl methyl sites for hydroxylation is 1. The van der Waals surface area contributed by atoms with E-state index in [4.69, 9.17) is 10.5 Å². The normalized spacial score (nSPS) is 10.3. The number of hydrogen-bond acceptors (Lipinski definition) is 6. The van der Waals surface area contributed by atoms with Crippen LogP contribution in [0.4, 0.5) is 5.69 Å². The summed E-state index contributed by atoms with van der Waals surface area (Å²) in [6, 6.07) is 1.55. The first-order valence-corrected chi connectivity index (χ1v) is 5.92.